The van der Waals surface area contributed by atoms with Crippen LogP contribution in [0, 0.1) is 29.1 Å². The van der Waals surface area contributed by atoms with Gasteiger partial charge in [-0.1, -0.05) is 71.3 Å². The molecular weight excluding hydrogens is 424 g/mol. The second kappa shape index (κ2) is 10.9. The molecule has 0 bridgehead atoms. The molecule has 34 heavy (non-hydrogen) atoms. The van der Waals surface area contributed by atoms with Gasteiger partial charge in [-0.05, 0) is 72.3 Å². The summed E-state index contributed by atoms with van der Waals surface area (Å²) in [5.41, 5.74) is 1.84. The lowest BCUT2D eigenvalue weighted by atomic mass is 9.60. The Morgan fingerprint density at radius 2 is 1.97 bits per heavy atom. The molecule has 3 fully saturated rings. The fraction of sp³-hybridized carbons (Fsp3) is 0.733. The molecule has 0 radical (unpaired) electrons. The second-order valence-electron chi connectivity index (χ2n) is 12.1. The normalized spacial score (nSPS) is 37.1. The van der Waals surface area contributed by atoms with Gasteiger partial charge in [0, 0.05) is 19.8 Å². The first-order valence-corrected chi connectivity index (χ1v) is 13.4. The molecule has 0 aromatic heterocycles. The molecule has 1 unspecified atom stereocenters. The van der Waals surface area contributed by atoms with Gasteiger partial charge in [0.2, 0.25) is 0 Å². The average Bonchev–Trinajstić information content (AvgIpc) is 3.12. The Balaban J connectivity index is 1.78. The third-order valence-corrected chi connectivity index (χ3v) is 9.03. The summed E-state index contributed by atoms with van der Waals surface area (Å²) in [7, 11) is 0. The molecule has 3 aliphatic carbocycles. The number of fused-ring (bicyclic) bond motifs is 1. The van der Waals surface area contributed by atoms with Gasteiger partial charge in [-0.3, -0.25) is 4.79 Å². The summed E-state index contributed by atoms with van der Waals surface area (Å²) in [6.07, 6.45) is 14.6. The number of rotatable bonds is 8. The van der Waals surface area contributed by atoms with Crippen LogP contribution in [-0.2, 0) is 14.3 Å². The van der Waals surface area contributed by atoms with Gasteiger partial charge in [0.05, 0.1) is 0 Å². The molecule has 4 heteroatoms. The zero-order valence-electron chi connectivity index (χ0n) is 22.1. The van der Waals surface area contributed by atoms with Crippen molar-refractivity contribution in [3.63, 3.8) is 0 Å². The molecular formula is C30H46O4. The zero-order chi connectivity index (χ0) is 25.1. The molecule has 0 heterocycles. The Bertz CT molecular complexity index is 837. The van der Waals surface area contributed by atoms with E-state index in [0.29, 0.717) is 23.2 Å². The monoisotopic (exact) mass is 470 g/mol. The molecule has 4 nitrogen and oxygen atoms in total. The van der Waals surface area contributed by atoms with E-state index in [2.05, 4.69) is 40.3 Å². The minimum absolute atomic E-state index is 0.0693. The third-order valence-electron chi connectivity index (χ3n) is 9.03. The summed E-state index contributed by atoms with van der Waals surface area (Å²) in [6, 6.07) is 0. The van der Waals surface area contributed by atoms with Crippen molar-refractivity contribution in [3.8, 4) is 0 Å². The molecule has 0 aromatic carbocycles. The molecule has 0 saturated heterocycles. The van der Waals surface area contributed by atoms with Crippen molar-refractivity contribution in [2.24, 2.45) is 29.1 Å². The number of allylic oxidation sites excluding steroid dienone is 3. The average molecular weight is 471 g/mol. The Hall–Kier alpha value is -1.68. The summed E-state index contributed by atoms with van der Waals surface area (Å²) < 4.78 is 5.38. The summed E-state index contributed by atoms with van der Waals surface area (Å²) in [6.45, 7) is 15.1. The van der Waals surface area contributed by atoms with Crippen LogP contribution >= 0.6 is 0 Å². The van der Waals surface area contributed by atoms with Crippen LogP contribution in [-0.4, -0.2) is 29.1 Å². The maximum Gasteiger partial charge on any atom is 0.303 e. The van der Waals surface area contributed by atoms with Gasteiger partial charge in [-0.15, -0.1) is 0 Å². The Kier molecular flexibility index (Phi) is 8.65. The van der Waals surface area contributed by atoms with Gasteiger partial charge in [-0.25, -0.2) is 0 Å². The number of ether oxygens (including phenoxy) is 1. The van der Waals surface area contributed by atoms with Gasteiger partial charge < -0.3 is 14.6 Å². The Morgan fingerprint density at radius 3 is 2.62 bits per heavy atom. The topological polar surface area (TPSA) is 63.6 Å². The number of hydrogen-bond donors (Lipinski definition) is 1. The highest BCUT2D eigenvalue weighted by Crippen LogP contribution is 2.60. The van der Waals surface area contributed by atoms with Crippen LogP contribution in [0.1, 0.15) is 98.8 Å². The van der Waals surface area contributed by atoms with Crippen LogP contribution in [0.4, 0.5) is 0 Å². The summed E-state index contributed by atoms with van der Waals surface area (Å²) in [5, 5.41) is 10.7. The predicted octanol–water partition coefficient (Wildman–Crippen LogP) is 6.73. The van der Waals surface area contributed by atoms with E-state index in [4.69, 9.17) is 4.74 Å². The van der Waals surface area contributed by atoms with Gasteiger partial charge in [0.1, 0.15) is 11.7 Å². The molecule has 0 spiro atoms. The van der Waals surface area contributed by atoms with Gasteiger partial charge >= 0.3 is 5.97 Å². The van der Waals surface area contributed by atoms with E-state index in [-0.39, 0.29) is 12.8 Å². The summed E-state index contributed by atoms with van der Waals surface area (Å²) in [5.74, 6) is 2.49. The minimum atomic E-state index is -1.52. The lowest BCUT2D eigenvalue weighted by Gasteiger charge is -2.44. The first kappa shape index (κ1) is 26.9. The summed E-state index contributed by atoms with van der Waals surface area (Å²) in [4.78, 5) is 23.2. The van der Waals surface area contributed by atoms with Crippen LogP contribution in [0.3, 0.4) is 0 Å². The van der Waals surface area contributed by atoms with Crippen molar-refractivity contribution in [2.45, 2.75) is 111 Å². The third kappa shape index (κ3) is 5.93. The highest BCUT2D eigenvalue weighted by Gasteiger charge is 2.50. The maximum absolute atomic E-state index is 11.6. The van der Waals surface area contributed by atoms with Gasteiger partial charge in [-0.2, -0.15) is 0 Å². The van der Waals surface area contributed by atoms with Crippen LogP contribution in [0.15, 0.2) is 35.5 Å². The van der Waals surface area contributed by atoms with Crippen molar-refractivity contribution >= 4 is 12.3 Å². The van der Waals surface area contributed by atoms with E-state index in [1.165, 1.54) is 57.4 Å². The quantitative estimate of drug-likeness (QED) is 0.315. The van der Waals surface area contributed by atoms with Crippen molar-refractivity contribution in [2.75, 3.05) is 0 Å². The van der Waals surface area contributed by atoms with E-state index < -0.39 is 17.7 Å². The minimum Gasteiger partial charge on any atom is -0.458 e. The lowest BCUT2D eigenvalue weighted by Crippen LogP contribution is -2.42. The fourth-order valence-electron chi connectivity index (χ4n) is 7.21. The molecule has 3 rings (SSSR count). The predicted molar refractivity (Wildman–Crippen MR) is 137 cm³/mol. The van der Waals surface area contributed by atoms with E-state index in [1.54, 1.807) is 0 Å². The molecule has 3 saturated carbocycles. The highest BCUT2D eigenvalue weighted by atomic mass is 16.5. The maximum atomic E-state index is 11.6. The Labute approximate surface area is 206 Å². The smallest absolute Gasteiger partial charge is 0.303 e. The molecule has 1 N–H and O–H groups in total. The van der Waals surface area contributed by atoms with Crippen LogP contribution in [0.5, 0.6) is 0 Å². The van der Waals surface area contributed by atoms with Crippen molar-refractivity contribution in [3.05, 3.63) is 35.5 Å². The molecule has 6 atom stereocenters. The largest absolute Gasteiger partial charge is 0.458 e. The van der Waals surface area contributed by atoms with E-state index in [9.17, 15) is 14.7 Å². The zero-order valence-corrected chi connectivity index (χ0v) is 22.1. The first-order chi connectivity index (χ1) is 16.0. The van der Waals surface area contributed by atoms with Crippen LogP contribution in [0.2, 0.25) is 0 Å². The van der Waals surface area contributed by atoms with Gasteiger partial charge in [0.25, 0.3) is 0 Å². The number of hydrogen-bond acceptors (Lipinski definition) is 4. The number of carbonyl (C=O) groups excluding carboxylic acids is 2. The van der Waals surface area contributed by atoms with Crippen LogP contribution < -0.4 is 0 Å². The van der Waals surface area contributed by atoms with E-state index in [0.717, 1.165) is 29.7 Å². The summed E-state index contributed by atoms with van der Waals surface area (Å²) >= 11 is 0. The Morgan fingerprint density at radius 1 is 1.24 bits per heavy atom. The molecule has 0 aliphatic heterocycles. The number of aliphatic hydroxyl groups is 1. The molecule has 0 aromatic rings. The molecule has 3 aliphatic rings. The first-order valence-electron chi connectivity index (χ1n) is 13.4. The van der Waals surface area contributed by atoms with Crippen molar-refractivity contribution < 1.29 is 19.4 Å². The number of esters is 1. The van der Waals surface area contributed by atoms with E-state index in [1.807, 2.05) is 6.08 Å². The van der Waals surface area contributed by atoms with Crippen molar-refractivity contribution in [1.29, 1.82) is 0 Å². The molecule has 0 amide bonds. The standard InChI is InChI=1S/C30H46O4/c1-20(2)9-7-10-21(3)26-14-15-27-24(11-8-16-29(26,27)6)12-13-25-17-30(33,19-31)18-28(22(25)4)34-23(5)32/h12-13,19-21,26-28,33H,4,7-11,14-18H2,1-3,5-6H3/b24-12?,25-13-/t21-,26-,27?,28-,29-,30-/m1/s1. The lowest BCUT2D eigenvalue weighted by molar-refractivity contribution is -0.149. The fourth-order valence-corrected chi connectivity index (χ4v) is 7.21. The highest BCUT2D eigenvalue weighted by molar-refractivity contribution is 5.69. The second-order valence-corrected chi connectivity index (χ2v) is 12.1. The van der Waals surface area contributed by atoms with Crippen molar-refractivity contribution in [1.82, 2.24) is 0 Å². The SMILES string of the molecule is C=C1/C(=C\C=C2CCC[C@@]3(C)C2CC[C@@H]3[C@H](C)CCCC(C)C)C[C@](O)(C=O)C[C@H]1OC(C)=O. The molecule has 190 valence electrons. The van der Waals surface area contributed by atoms with E-state index >= 15 is 0 Å². The van der Waals surface area contributed by atoms with Gasteiger partial charge in [0.15, 0.2) is 6.29 Å². The number of carbonyl (C=O) groups is 2. The number of aldehydes is 1. The van der Waals surface area contributed by atoms with Crippen LogP contribution in [0.25, 0.3) is 0 Å².